The zero-order valence-corrected chi connectivity index (χ0v) is 15.1. The first kappa shape index (κ1) is 17.0. The minimum Gasteiger partial charge on any atom is -0.325 e. The minimum atomic E-state index is -0.213. The van der Waals surface area contributed by atoms with Crippen LogP contribution in [0.1, 0.15) is 57.5 Å². The fourth-order valence-electron chi connectivity index (χ4n) is 3.68. The van der Waals surface area contributed by atoms with Crippen molar-refractivity contribution >= 4 is 34.9 Å². The summed E-state index contributed by atoms with van der Waals surface area (Å²) >= 11 is 1.67. The molecule has 2 aromatic rings. The molecule has 2 aliphatic rings. The van der Waals surface area contributed by atoms with Gasteiger partial charge in [-0.15, -0.1) is 11.8 Å². The van der Waals surface area contributed by atoms with E-state index in [1.54, 1.807) is 54.2 Å². The van der Waals surface area contributed by atoms with Crippen molar-refractivity contribution in [3.05, 3.63) is 64.7 Å². The molecule has 0 atom stereocenters. The van der Waals surface area contributed by atoms with Crippen LogP contribution in [0.5, 0.6) is 0 Å². The first-order valence-electron chi connectivity index (χ1n) is 8.88. The van der Waals surface area contributed by atoms with E-state index in [1.807, 2.05) is 0 Å². The second kappa shape index (κ2) is 7.08. The number of benzene rings is 2. The molecule has 2 aliphatic carbocycles. The Morgan fingerprint density at radius 1 is 0.923 bits per heavy atom. The van der Waals surface area contributed by atoms with Gasteiger partial charge in [-0.25, -0.2) is 0 Å². The highest BCUT2D eigenvalue weighted by atomic mass is 32.2. The van der Waals surface area contributed by atoms with Crippen molar-refractivity contribution in [3.8, 4) is 0 Å². The summed E-state index contributed by atoms with van der Waals surface area (Å²) < 4.78 is 0. The van der Waals surface area contributed by atoms with Crippen molar-refractivity contribution in [1.82, 2.24) is 0 Å². The standard InChI is InChI=1S/C21H19NO3S/c23-18(12-26-13-6-1-2-7-13)22-17-11-5-10-16-19(17)21(25)15-9-4-3-8-14(15)20(16)24/h3-5,8-11,13H,1-2,6-7,12H2,(H,22,23). The molecule has 2 aromatic carbocycles. The number of anilines is 1. The van der Waals surface area contributed by atoms with Gasteiger partial charge in [-0.3, -0.25) is 14.4 Å². The largest absolute Gasteiger partial charge is 0.325 e. The molecule has 0 aliphatic heterocycles. The van der Waals surface area contributed by atoms with Crippen molar-refractivity contribution < 1.29 is 14.4 Å². The summed E-state index contributed by atoms with van der Waals surface area (Å²) in [4.78, 5) is 38.0. The topological polar surface area (TPSA) is 63.2 Å². The van der Waals surface area contributed by atoms with E-state index in [0.717, 1.165) is 0 Å². The quantitative estimate of drug-likeness (QED) is 0.757. The van der Waals surface area contributed by atoms with Gasteiger partial charge in [0, 0.05) is 21.9 Å². The molecule has 0 bridgehead atoms. The number of carbonyl (C=O) groups is 3. The second-order valence-corrected chi connectivity index (χ2v) is 7.99. The average molecular weight is 365 g/mol. The molecule has 1 amide bonds. The third-order valence-electron chi connectivity index (χ3n) is 4.98. The van der Waals surface area contributed by atoms with Gasteiger partial charge >= 0.3 is 0 Å². The minimum absolute atomic E-state index is 0.130. The molecule has 26 heavy (non-hydrogen) atoms. The van der Waals surface area contributed by atoms with Crippen LogP contribution in [0.2, 0.25) is 0 Å². The lowest BCUT2D eigenvalue weighted by atomic mass is 9.83. The summed E-state index contributed by atoms with van der Waals surface area (Å²) in [5, 5.41) is 3.40. The van der Waals surface area contributed by atoms with E-state index in [2.05, 4.69) is 5.32 Å². The maximum Gasteiger partial charge on any atom is 0.234 e. The summed E-state index contributed by atoms with van der Waals surface area (Å²) in [5.74, 6) is -0.150. The first-order chi connectivity index (χ1) is 12.6. The molecular formula is C21H19NO3S. The van der Waals surface area contributed by atoms with Crippen LogP contribution in [-0.4, -0.2) is 28.5 Å². The van der Waals surface area contributed by atoms with Gasteiger partial charge in [0.1, 0.15) is 0 Å². The molecule has 0 spiro atoms. The number of hydrogen-bond acceptors (Lipinski definition) is 4. The third-order valence-corrected chi connectivity index (χ3v) is 6.35. The van der Waals surface area contributed by atoms with Gasteiger partial charge in [-0.1, -0.05) is 49.2 Å². The van der Waals surface area contributed by atoms with E-state index in [-0.39, 0.29) is 17.5 Å². The predicted octanol–water partition coefficient (Wildman–Crippen LogP) is 4.08. The van der Waals surface area contributed by atoms with Crippen molar-refractivity contribution in [3.63, 3.8) is 0 Å². The van der Waals surface area contributed by atoms with Crippen LogP contribution in [0.3, 0.4) is 0 Å². The van der Waals surface area contributed by atoms with Gasteiger partial charge in [-0.2, -0.15) is 0 Å². The van der Waals surface area contributed by atoms with Crippen LogP contribution in [-0.2, 0) is 4.79 Å². The molecule has 4 nitrogen and oxygen atoms in total. The fourth-order valence-corrected chi connectivity index (χ4v) is 4.81. The van der Waals surface area contributed by atoms with Crippen molar-refractivity contribution in [2.24, 2.45) is 0 Å². The fraction of sp³-hybridized carbons (Fsp3) is 0.286. The summed E-state index contributed by atoms with van der Waals surface area (Å²) in [6.07, 6.45) is 4.81. The molecule has 132 valence electrons. The van der Waals surface area contributed by atoms with Gasteiger partial charge < -0.3 is 5.32 Å². The molecule has 0 radical (unpaired) electrons. The maximum atomic E-state index is 12.9. The van der Waals surface area contributed by atoms with Gasteiger partial charge in [0.2, 0.25) is 5.91 Å². The molecule has 0 saturated heterocycles. The van der Waals surface area contributed by atoms with E-state index in [0.29, 0.717) is 38.9 Å². The summed E-state index contributed by atoms with van der Waals surface area (Å²) in [7, 11) is 0. The Labute approximate surface area is 156 Å². The Bertz CT molecular complexity index is 900. The number of thioether (sulfide) groups is 1. The van der Waals surface area contributed by atoms with Gasteiger partial charge in [0.25, 0.3) is 0 Å². The van der Waals surface area contributed by atoms with E-state index in [9.17, 15) is 14.4 Å². The second-order valence-electron chi connectivity index (χ2n) is 6.70. The van der Waals surface area contributed by atoms with E-state index in [1.165, 1.54) is 25.7 Å². The molecule has 1 N–H and O–H groups in total. The molecule has 0 unspecified atom stereocenters. The molecule has 0 heterocycles. The third kappa shape index (κ3) is 3.07. The highest BCUT2D eigenvalue weighted by Gasteiger charge is 2.31. The Morgan fingerprint density at radius 2 is 1.58 bits per heavy atom. The van der Waals surface area contributed by atoms with Crippen LogP contribution in [0.15, 0.2) is 42.5 Å². The normalized spacial score (nSPS) is 16.3. The SMILES string of the molecule is O=C(CSC1CCCC1)Nc1cccc2c1C(=O)c1ccccc1C2=O. The molecule has 5 heteroatoms. The molecule has 4 rings (SSSR count). The van der Waals surface area contributed by atoms with E-state index in [4.69, 9.17) is 0 Å². The summed E-state index contributed by atoms with van der Waals surface area (Å²) in [5.41, 5.74) is 1.90. The van der Waals surface area contributed by atoms with Gasteiger partial charge in [-0.05, 0) is 18.9 Å². The number of hydrogen-bond donors (Lipinski definition) is 1. The Morgan fingerprint density at radius 3 is 2.31 bits per heavy atom. The van der Waals surface area contributed by atoms with E-state index >= 15 is 0 Å². The smallest absolute Gasteiger partial charge is 0.234 e. The lowest BCUT2D eigenvalue weighted by molar-refractivity contribution is -0.113. The lowest BCUT2D eigenvalue weighted by Gasteiger charge is -2.20. The number of ketones is 2. The Balaban J connectivity index is 1.58. The zero-order valence-electron chi connectivity index (χ0n) is 14.3. The van der Waals surface area contributed by atoms with Crippen molar-refractivity contribution in [2.45, 2.75) is 30.9 Å². The first-order valence-corrected chi connectivity index (χ1v) is 9.93. The van der Waals surface area contributed by atoms with E-state index < -0.39 is 0 Å². The monoisotopic (exact) mass is 365 g/mol. The number of fused-ring (bicyclic) bond motifs is 2. The summed E-state index contributed by atoms with van der Waals surface area (Å²) in [6, 6.07) is 11.9. The number of carbonyl (C=O) groups excluding carboxylic acids is 3. The molecule has 0 aromatic heterocycles. The Kier molecular flexibility index (Phi) is 4.64. The predicted molar refractivity (Wildman–Crippen MR) is 103 cm³/mol. The number of amides is 1. The van der Waals surface area contributed by atoms with Gasteiger partial charge in [0.15, 0.2) is 11.6 Å². The number of rotatable bonds is 4. The molecule has 1 fully saturated rings. The zero-order chi connectivity index (χ0) is 18.1. The summed E-state index contributed by atoms with van der Waals surface area (Å²) in [6.45, 7) is 0. The average Bonchev–Trinajstić information content (AvgIpc) is 3.18. The Hall–Kier alpha value is -2.40. The van der Waals surface area contributed by atoms with Crippen LogP contribution in [0.25, 0.3) is 0 Å². The molecular weight excluding hydrogens is 346 g/mol. The van der Waals surface area contributed by atoms with Crippen LogP contribution in [0, 0.1) is 0 Å². The maximum absolute atomic E-state index is 12.9. The number of nitrogens with one attached hydrogen (secondary N) is 1. The highest BCUT2D eigenvalue weighted by Crippen LogP contribution is 2.33. The van der Waals surface area contributed by atoms with Crippen LogP contribution < -0.4 is 5.32 Å². The van der Waals surface area contributed by atoms with Crippen molar-refractivity contribution in [2.75, 3.05) is 11.1 Å². The lowest BCUT2D eigenvalue weighted by Crippen LogP contribution is -2.24. The van der Waals surface area contributed by atoms with Gasteiger partial charge in [0.05, 0.1) is 17.0 Å². The highest BCUT2D eigenvalue weighted by molar-refractivity contribution is 8.00. The van der Waals surface area contributed by atoms with Crippen LogP contribution in [0.4, 0.5) is 5.69 Å². The van der Waals surface area contributed by atoms with Crippen molar-refractivity contribution in [1.29, 1.82) is 0 Å². The molecule has 1 saturated carbocycles. The van der Waals surface area contributed by atoms with Crippen LogP contribution >= 0.6 is 11.8 Å².